The van der Waals surface area contributed by atoms with Crippen LogP contribution >= 0.6 is 0 Å². The fraction of sp³-hybridized carbons (Fsp3) is 0.346. The summed E-state index contributed by atoms with van der Waals surface area (Å²) in [6.45, 7) is 6.30. The lowest BCUT2D eigenvalue weighted by Crippen LogP contribution is -2.51. The zero-order chi connectivity index (χ0) is 24.4. The Morgan fingerprint density at radius 1 is 0.971 bits per heavy atom. The van der Waals surface area contributed by atoms with Gasteiger partial charge in [-0.2, -0.15) is 0 Å². The average Bonchev–Trinajstić information content (AvgIpc) is 2.84. The molecule has 2 fully saturated rings. The predicted octanol–water partition coefficient (Wildman–Crippen LogP) is 3.13. The Bertz CT molecular complexity index is 1180. The van der Waals surface area contributed by atoms with Gasteiger partial charge >= 0.3 is 5.97 Å². The third-order valence-electron chi connectivity index (χ3n) is 6.97. The first-order valence-electron chi connectivity index (χ1n) is 11.9. The summed E-state index contributed by atoms with van der Waals surface area (Å²) >= 11 is 0. The molecule has 0 saturated carbocycles. The first kappa shape index (κ1) is 23.2. The van der Waals surface area contributed by atoms with Crippen LogP contribution in [-0.4, -0.2) is 76.7 Å². The molecule has 3 aromatic rings. The van der Waals surface area contributed by atoms with E-state index < -0.39 is 5.97 Å². The van der Waals surface area contributed by atoms with Gasteiger partial charge in [-0.05, 0) is 54.9 Å². The van der Waals surface area contributed by atoms with Crippen molar-refractivity contribution < 1.29 is 14.3 Å². The van der Waals surface area contributed by atoms with Gasteiger partial charge in [0.25, 0.3) is 0 Å². The number of anilines is 2. The highest BCUT2D eigenvalue weighted by Gasteiger charge is 2.30. The number of benzene rings is 2. The SMILES string of the molecule is Nc1ncnc(N2CCN([C@@H](CN3CCC3)c3ccc(C(=O)O)cc3)CC2)c1-c1ccc(F)cc1. The number of nitrogens with zero attached hydrogens (tertiary/aromatic N) is 5. The monoisotopic (exact) mass is 476 g/mol. The smallest absolute Gasteiger partial charge is 0.335 e. The molecule has 3 heterocycles. The van der Waals surface area contributed by atoms with Crippen LogP contribution in [0.15, 0.2) is 54.9 Å². The number of likely N-dealkylation sites (tertiary alicyclic amines) is 1. The molecule has 2 saturated heterocycles. The molecular formula is C26H29FN6O2. The zero-order valence-electron chi connectivity index (χ0n) is 19.5. The molecule has 5 rings (SSSR count). The van der Waals surface area contributed by atoms with Crippen molar-refractivity contribution in [2.45, 2.75) is 12.5 Å². The second-order valence-corrected chi connectivity index (χ2v) is 9.08. The molecule has 0 aliphatic carbocycles. The minimum Gasteiger partial charge on any atom is -0.478 e. The summed E-state index contributed by atoms with van der Waals surface area (Å²) in [7, 11) is 0. The number of nitrogens with two attached hydrogens (primary N) is 1. The molecule has 35 heavy (non-hydrogen) atoms. The molecule has 0 unspecified atom stereocenters. The molecule has 2 aliphatic rings. The highest BCUT2D eigenvalue weighted by Crippen LogP contribution is 2.34. The van der Waals surface area contributed by atoms with Crippen molar-refractivity contribution in [3.63, 3.8) is 0 Å². The number of aromatic carboxylic acids is 1. The van der Waals surface area contributed by atoms with Gasteiger partial charge in [0.15, 0.2) is 0 Å². The normalized spacial score (nSPS) is 17.7. The zero-order valence-corrected chi connectivity index (χ0v) is 19.5. The van der Waals surface area contributed by atoms with E-state index in [2.05, 4.69) is 24.7 Å². The molecular weight excluding hydrogens is 447 g/mol. The first-order valence-corrected chi connectivity index (χ1v) is 11.9. The van der Waals surface area contributed by atoms with Gasteiger partial charge in [-0.15, -0.1) is 0 Å². The number of aromatic nitrogens is 2. The lowest BCUT2D eigenvalue weighted by molar-refractivity contribution is 0.0696. The van der Waals surface area contributed by atoms with E-state index in [1.807, 2.05) is 12.1 Å². The molecule has 1 aromatic heterocycles. The van der Waals surface area contributed by atoms with Gasteiger partial charge in [-0.1, -0.05) is 24.3 Å². The van der Waals surface area contributed by atoms with Crippen LogP contribution in [0, 0.1) is 5.82 Å². The van der Waals surface area contributed by atoms with Crippen molar-refractivity contribution in [2.75, 3.05) is 56.4 Å². The highest BCUT2D eigenvalue weighted by molar-refractivity contribution is 5.87. The van der Waals surface area contributed by atoms with Crippen LogP contribution in [0.3, 0.4) is 0 Å². The molecule has 0 radical (unpaired) electrons. The summed E-state index contributed by atoms with van der Waals surface area (Å²) in [5.74, 6) is -0.0819. The van der Waals surface area contributed by atoms with E-state index in [1.165, 1.54) is 24.9 Å². The summed E-state index contributed by atoms with van der Waals surface area (Å²) in [5.41, 5.74) is 9.18. The molecule has 0 bridgehead atoms. The second kappa shape index (κ2) is 9.97. The van der Waals surface area contributed by atoms with Crippen molar-refractivity contribution in [3.05, 3.63) is 71.8 Å². The van der Waals surface area contributed by atoms with Crippen molar-refractivity contribution in [3.8, 4) is 11.1 Å². The Morgan fingerprint density at radius 3 is 2.26 bits per heavy atom. The van der Waals surface area contributed by atoms with Crippen molar-refractivity contribution in [2.24, 2.45) is 0 Å². The van der Waals surface area contributed by atoms with Crippen molar-refractivity contribution in [1.82, 2.24) is 19.8 Å². The molecule has 182 valence electrons. The molecule has 2 aliphatic heterocycles. The van der Waals surface area contributed by atoms with E-state index in [1.54, 1.807) is 24.3 Å². The van der Waals surface area contributed by atoms with Gasteiger partial charge in [-0.3, -0.25) is 4.90 Å². The summed E-state index contributed by atoms with van der Waals surface area (Å²) in [4.78, 5) is 27.1. The molecule has 2 aromatic carbocycles. The fourth-order valence-electron chi connectivity index (χ4n) is 4.86. The Hall–Kier alpha value is -3.56. The largest absolute Gasteiger partial charge is 0.478 e. The summed E-state index contributed by atoms with van der Waals surface area (Å²) in [5, 5.41) is 9.27. The van der Waals surface area contributed by atoms with Gasteiger partial charge in [0, 0.05) is 38.8 Å². The number of piperazine rings is 1. The third-order valence-corrected chi connectivity index (χ3v) is 6.97. The Balaban J connectivity index is 1.35. The summed E-state index contributed by atoms with van der Waals surface area (Å²) < 4.78 is 13.5. The summed E-state index contributed by atoms with van der Waals surface area (Å²) in [6, 6.07) is 13.7. The van der Waals surface area contributed by atoms with E-state index in [0.717, 1.165) is 68.3 Å². The van der Waals surface area contributed by atoms with E-state index >= 15 is 0 Å². The van der Waals surface area contributed by atoms with Crippen LogP contribution in [0.5, 0.6) is 0 Å². The Labute approximate surface area is 203 Å². The van der Waals surface area contributed by atoms with Gasteiger partial charge < -0.3 is 20.6 Å². The maximum atomic E-state index is 13.5. The maximum Gasteiger partial charge on any atom is 0.335 e. The van der Waals surface area contributed by atoms with Crippen LogP contribution in [0.2, 0.25) is 0 Å². The van der Waals surface area contributed by atoms with Crippen LogP contribution < -0.4 is 10.6 Å². The van der Waals surface area contributed by atoms with Crippen molar-refractivity contribution in [1.29, 1.82) is 0 Å². The number of nitrogen functional groups attached to an aromatic ring is 1. The lowest BCUT2D eigenvalue weighted by Gasteiger charge is -2.43. The number of carboxylic acids is 1. The standard InChI is InChI=1S/C26H29FN6O2/c27-21-8-6-19(7-9-21)23-24(28)29-17-30-25(23)33-14-12-32(13-15-33)22(16-31-10-1-11-31)18-2-4-20(5-3-18)26(34)35/h2-9,17,22H,1,10-16H2,(H,34,35)(H2,28,29,30)/t22-/m0/s1. The van der Waals surface area contributed by atoms with E-state index in [4.69, 9.17) is 5.73 Å². The molecule has 0 spiro atoms. The number of carboxylic acid groups (broad SMARTS) is 1. The second-order valence-electron chi connectivity index (χ2n) is 9.08. The van der Waals surface area contributed by atoms with Gasteiger partial charge in [0.2, 0.25) is 0 Å². The van der Waals surface area contributed by atoms with E-state index in [-0.39, 0.29) is 11.9 Å². The predicted molar refractivity (Wildman–Crippen MR) is 133 cm³/mol. The van der Waals surface area contributed by atoms with Crippen molar-refractivity contribution >= 4 is 17.6 Å². The fourth-order valence-corrected chi connectivity index (χ4v) is 4.86. The topological polar surface area (TPSA) is 98.8 Å². The molecule has 3 N–H and O–H groups in total. The number of hydrogen-bond donors (Lipinski definition) is 2. The quantitative estimate of drug-likeness (QED) is 0.537. The van der Waals surface area contributed by atoms with E-state index in [0.29, 0.717) is 11.4 Å². The number of hydrogen-bond acceptors (Lipinski definition) is 7. The summed E-state index contributed by atoms with van der Waals surface area (Å²) in [6.07, 6.45) is 2.69. The van der Waals surface area contributed by atoms with Gasteiger partial charge in [0.1, 0.15) is 23.8 Å². The Morgan fingerprint density at radius 2 is 1.66 bits per heavy atom. The molecule has 8 nitrogen and oxygen atoms in total. The molecule has 1 atom stereocenters. The first-order chi connectivity index (χ1) is 17.0. The minimum absolute atomic E-state index is 0.187. The average molecular weight is 477 g/mol. The van der Waals surface area contributed by atoms with Crippen LogP contribution in [0.25, 0.3) is 11.1 Å². The lowest BCUT2D eigenvalue weighted by atomic mass is 10.00. The van der Waals surface area contributed by atoms with Gasteiger partial charge in [-0.25, -0.2) is 19.2 Å². The highest BCUT2D eigenvalue weighted by atomic mass is 19.1. The van der Waals surface area contributed by atoms with E-state index in [9.17, 15) is 14.3 Å². The Kier molecular flexibility index (Phi) is 6.61. The number of halogens is 1. The van der Waals surface area contributed by atoms with Crippen LogP contribution in [-0.2, 0) is 0 Å². The minimum atomic E-state index is -0.912. The van der Waals surface area contributed by atoms with Crippen LogP contribution in [0.4, 0.5) is 16.0 Å². The third kappa shape index (κ3) is 4.96. The maximum absolute atomic E-state index is 13.5. The van der Waals surface area contributed by atoms with Crippen LogP contribution in [0.1, 0.15) is 28.4 Å². The van der Waals surface area contributed by atoms with Gasteiger partial charge in [0.05, 0.1) is 11.1 Å². The number of carbonyl (C=O) groups is 1. The molecule has 0 amide bonds. The number of rotatable bonds is 7. The molecule has 9 heteroatoms.